The van der Waals surface area contributed by atoms with E-state index in [1.807, 2.05) is 6.92 Å². The minimum Gasteiger partial charge on any atom is -0.316 e. The first-order chi connectivity index (χ1) is 8.83. The first kappa shape index (κ1) is 11.4. The highest BCUT2D eigenvalue weighted by atomic mass is 15.5. The number of nitrogens with one attached hydrogen (secondary N) is 1. The summed E-state index contributed by atoms with van der Waals surface area (Å²) in [4.78, 5) is 1.68. The van der Waals surface area contributed by atoms with Gasteiger partial charge in [0, 0.05) is 6.54 Å². The SMILES string of the molecule is Cc1cnn(-c2ccc(C3CCCNC3)cc2)n1. The molecule has 1 saturated heterocycles. The summed E-state index contributed by atoms with van der Waals surface area (Å²) in [6.45, 7) is 4.20. The Morgan fingerprint density at radius 2 is 2.11 bits per heavy atom. The van der Waals surface area contributed by atoms with Gasteiger partial charge in [0.25, 0.3) is 0 Å². The normalized spacial score (nSPS) is 19.9. The third-order valence-electron chi connectivity index (χ3n) is 3.50. The lowest BCUT2D eigenvalue weighted by molar-refractivity contribution is 0.461. The van der Waals surface area contributed by atoms with Crippen LogP contribution in [0.15, 0.2) is 30.5 Å². The van der Waals surface area contributed by atoms with Gasteiger partial charge in [-0.2, -0.15) is 15.0 Å². The van der Waals surface area contributed by atoms with E-state index in [-0.39, 0.29) is 0 Å². The molecular formula is C14H18N4. The lowest BCUT2D eigenvalue weighted by Gasteiger charge is -2.23. The molecule has 0 radical (unpaired) electrons. The van der Waals surface area contributed by atoms with Gasteiger partial charge in [-0.3, -0.25) is 0 Å². The van der Waals surface area contributed by atoms with Gasteiger partial charge in [0.2, 0.25) is 0 Å². The van der Waals surface area contributed by atoms with Crippen molar-refractivity contribution >= 4 is 0 Å². The van der Waals surface area contributed by atoms with Gasteiger partial charge >= 0.3 is 0 Å². The fourth-order valence-electron chi connectivity index (χ4n) is 2.48. The Labute approximate surface area is 107 Å². The number of piperidine rings is 1. The van der Waals surface area contributed by atoms with Crippen LogP contribution in [0.25, 0.3) is 5.69 Å². The van der Waals surface area contributed by atoms with Crippen molar-refractivity contribution in [1.29, 1.82) is 0 Å². The van der Waals surface area contributed by atoms with E-state index in [0.29, 0.717) is 5.92 Å². The van der Waals surface area contributed by atoms with Crippen LogP contribution in [-0.4, -0.2) is 28.1 Å². The van der Waals surface area contributed by atoms with E-state index >= 15 is 0 Å². The zero-order chi connectivity index (χ0) is 12.4. The van der Waals surface area contributed by atoms with E-state index in [4.69, 9.17) is 0 Å². The summed E-state index contributed by atoms with van der Waals surface area (Å²) in [5, 5.41) is 12.0. The highest BCUT2D eigenvalue weighted by molar-refractivity contribution is 5.34. The van der Waals surface area contributed by atoms with E-state index in [1.165, 1.54) is 18.4 Å². The Hall–Kier alpha value is -1.68. The molecule has 18 heavy (non-hydrogen) atoms. The Kier molecular flexibility index (Phi) is 3.11. The Balaban J connectivity index is 1.80. The summed E-state index contributed by atoms with van der Waals surface area (Å²) in [5.74, 6) is 0.653. The van der Waals surface area contributed by atoms with Crippen LogP contribution in [0, 0.1) is 6.92 Å². The summed E-state index contributed by atoms with van der Waals surface area (Å²) in [6.07, 6.45) is 4.33. The Morgan fingerprint density at radius 1 is 1.28 bits per heavy atom. The lowest BCUT2D eigenvalue weighted by atomic mass is 9.92. The largest absolute Gasteiger partial charge is 0.316 e. The summed E-state index contributed by atoms with van der Waals surface area (Å²) in [7, 11) is 0. The molecule has 94 valence electrons. The molecule has 0 saturated carbocycles. The van der Waals surface area contributed by atoms with Crippen LogP contribution in [-0.2, 0) is 0 Å². The molecule has 4 nitrogen and oxygen atoms in total. The van der Waals surface area contributed by atoms with Crippen molar-refractivity contribution < 1.29 is 0 Å². The average Bonchev–Trinajstić information content (AvgIpc) is 2.87. The third-order valence-corrected chi connectivity index (χ3v) is 3.50. The monoisotopic (exact) mass is 242 g/mol. The molecule has 1 aromatic carbocycles. The molecular weight excluding hydrogens is 224 g/mol. The fraction of sp³-hybridized carbons (Fsp3) is 0.429. The molecule has 1 aromatic heterocycles. The Bertz CT molecular complexity index is 509. The maximum Gasteiger partial charge on any atom is 0.0856 e. The number of rotatable bonds is 2. The number of aromatic nitrogens is 3. The number of benzene rings is 1. The van der Waals surface area contributed by atoms with Crippen molar-refractivity contribution in [2.45, 2.75) is 25.7 Å². The van der Waals surface area contributed by atoms with Crippen molar-refractivity contribution in [3.05, 3.63) is 41.7 Å². The minimum absolute atomic E-state index is 0.653. The van der Waals surface area contributed by atoms with E-state index in [0.717, 1.165) is 24.5 Å². The van der Waals surface area contributed by atoms with E-state index in [9.17, 15) is 0 Å². The van der Waals surface area contributed by atoms with Crippen molar-refractivity contribution in [3.63, 3.8) is 0 Å². The number of nitrogens with zero attached hydrogens (tertiary/aromatic N) is 3. The fourth-order valence-corrected chi connectivity index (χ4v) is 2.48. The summed E-state index contributed by atoms with van der Waals surface area (Å²) < 4.78 is 0. The summed E-state index contributed by atoms with van der Waals surface area (Å²) >= 11 is 0. The number of hydrogen-bond donors (Lipinski definition) is 1. The smallest absolute Gasteiger partial charge is 0.0856 e. The van der Waals surface area contributed by atoms with Crippen LogP contribution < -0.4 is 5.32 Å². The highest BCUT2D eigenvalue weighted by Crippen LogP contribution is 2.23. The molecule has 2 aromatic rings. The second kappa shape index (κ2) is 4.90. The zero-order valence-corrected chi connectivity index (χ0v) is 10.6. The lowest BCUT2D eigenvalue weighted by Crippen LogP contribution is -2.28. The van der Waals surface area contributed by atoms with Gasteiger partial charge in [-0.05, 0) is 49.9 Å². The molecule has 0 spiro atoms. The minimum atomic E-state index is 0.653. The van der Waals surface area contributed by atoms with E-state index in [2.05, 4.69) is 39.8 Å². The second-order valence-corrected chi connectivity index (χ2v) is 4.91. The van der Waals surface area contributed by atoms with Gasteiger partial charge in [0.05, 0.1) is 17.6 Å². The van der Waals surface area contributed by atoms with Crippen molar-refractivity contribution in [2.75, 3.05) is 13.1 Å². The molecule has 0 amide bonds. The van der Waals surface area contributed by atoms with Crippen LogP contribution in [0.2, 0.25) is 0 Å². The molecule has 3 rings (SSSR count). The quantitative estimate of drug-likeness (QED) is 0.876. The molecule has 1 aliphatic heterocycles. The van der Waals surface area contributed by atoms with Gasteiger partial charge in [-0.15, -0.1) is 0 Å². The van der Waals surface area contributed by atoms with Crippen molar-refractivity contribution in [3.8, 4) is 5.69 Å². The van der Waals surface area contributed by atoms with E-state index < -0.39 is 0 Å². The predicted molar refractivity (Wildman–Crippen MR) is 70.9 cm³/mol. The average molecular weight is 242 g/mol. The Morgan fingerprint density at radius 3 is 2.72 bits per heavy atom. The first-order valence-corrected chi connectivity index (χ1v) is 6.53. The molecule has 2 heterocycles. The maximum atomic E-state index is 4.32. The van der Waals surface area contributed by atoms with Gasteiger partial charge < -0.3 is 5.32 Å². The molecule has 0 aliphatic carbocycles. The molecule has 1 unspecified atom stereocenters. The van der Waals surface area contributed by atoms with Gasteiger partial charge in [-0.25, -0.2) is 0 Å². The molecule has 1 N–H and O–H groups in total. The zero-order valence-electron chi connectivity index (χ0n) is 10.6. The summed E-state index contributed by atoms with van der Waals surface area (Å²) in [6, 6.07) is 8.60. The van der Waals surface area contributed by atoms with Crippen LogP contribution in [0.4, 0.5) is 0 Å². The predicted octanol–water partition coefficient (Wildman–Crippen LogP) is 2.04. The first-order valence-electron chi connectivity index (χ1n) is 6.53. The number of aryl methyl sites for hydroxylation is 1. The van der Waals surface area contributed by atoms with Gasteiger partial charge in [0.1, 0.15) is 0 Å². The summed E-state index contributed by atoms with van der Waals surface area (Å²) in [5.41, 5.74) is 3.38. The van der Waals surface area contributed by atoms with Crippen LogP contribution in [0.1, 0.15) is 30.0 Å². The molecule has 1 atom stereocenters. The highest BCUT2D eigenvalue weighted by Gasteiger charge is 2.14. The van der Waals surface area contributed by atoms with Gasteiger partial charge in [-0.1, -0.05) is 12.1 Å². The van der Waals surface area contributed by atoms with Crippen LogP contribution >= 0.6 is 0 Å². The van der Waals surface area contributed by atoms with Gasteiger partial charge in [0.15, 0.2) is 0 Å². The van der Waals surface area contributed by atoms with E-state index in [1.54, 1.807) is 11.0 Å². The number of hydrogen-bond acceptors (Lipinski definition) is 3. The molecule has 4 heteroatoms. The molecule has 1 fully saturated rings. The molecule has 0 bridgehead atoms. The third kappa shape index (κ3) is 2.29. The second-order valence-electron chi connectivity index (χ2n) is 4.91. The standard InChI is InChI=1S/C14H18N4/c1-11-9-16-18(17-11)14-6-4-12(5-7-14)13-3-2-8-15-10-13/h4-7,9,13,15H,2-3,8,10H2,1H3. The van der Waals surface area contributed by atoms with Crippen LogP contribution in [0.5, 0.6) is 0 Å². The topological polar surface area (TPSA) is 42.7 Å². The van der Waals surface area contributed by atoms with Crippen LogP contribution in [0.3, 0.4) is 0 Å². The maximum absolute atomic E-state index is 4.32. The van der Waals surface area contributed by atoms with Crippen molar-refractivity contribution in [2.24, 2.45) is 0 Å². The van der Waals surface area contributed by atoms with Crippen molar-refractivity contribution in [1.82, 2.24) is 20.3 Å². The molecule has 1 aliphatic rings.